The minimum atomic E-state index is -1.28. The van der Waals surface area contributed by atoms with Gasteiger partial charge in [0.25, 0.3) is 5.91 Å². The fraction of sp³-hybridized carbons (Fsp3) is 0.455. The van der Waals surface area contributed by atoms with Gasteiger partial charge in [-0.2, -0.15) is 0 Å². The van der Waals surface area contributed by atoms with E-state index in [-0.39, 0.29) is 25.4 Å². The third-order valence-corrected chi connectivity index (χ3v) is 8.60. The van der Waals surface area contributed by atoms with Crippen molar-refractivity contribution in [1.29, 1.82) is 0 Å². The van der Waals surface area contributed by atoms with E-state index in [0.717, 1.165) is 44.3 Å². The average molecular weight is 655 g/mol. The smallest absolute Gasteiger partial charge is 0.407 e. The van der Waals surface area contributed by atoms with Crippen molar-refractivity contribution in [3.05, 3.63) is 52.0 Å². The van der Waals surface area contributed by atoms with Crippen LogP contribution in [0.4, 0.5) is 9.18 Å². The molecule has 0 bridgehead atoms. The van der Waals surface area contributed by atoms with Crippen LogP contribution in [0, 0.1) is 12.8 Å². The Bertz CT molecular complexity index is 1720. The molecule has 1 saturated heterocycles. The van der Waals surface area contributed by atoms with E-state index in [0.29, 0.717) is 22.8 Å². The Kier molecular flexibility index (Phi) is 7.69. The number of hydrogen-bond donors (Lipinski definition) is 1. The zero-order valence-corrected chi connectivity index (χ0v) is 26.7. The maximum Gasteiger partial charge on any atom is 0.407 e. The third-order valence-electron chi connectivity index (χ3n) is 8.10. The minimum Gasteiger partial charge on any atom is -0.496 e. The van der Waals surface area contributed by atoms with Gasteiger partial charge in [-0.3, -0.25) is 4.79 Å². The topological polar surface area (TPSA) is 85.9 Å². The number of nitrogens with zero attached hydrogens (tertiary/aromatic N) is 2. The SMILES string of the molecule is COc1cc(C(=O)N2C[C@H](F)C[C@@H](NC(=O)OC(C)(C)C)C2)cc2oc(-c3cc4ccc(Br)cc4n3CC3CC3)c(C)c12. The summed E-state index contributed by atoms with van der Waals surface area (Å²) in [4.78, 5) is 27.5. The number of amides is 2. The van der Waals surface area contributed by atoms with Crippen LogP contribution in [-0.4, -0.2) is 59.5 Å². The van der Waals surface area contributed by atoms with Crippen molar-refractivity contribution in [3.63, 3.8) is 0 Å². The third kappa shape index (κ3) is 6.12. The van der Waals surface area contributed by atoms with E-state index in [4.69, 9.17) is 13.9 Å². The predicted octanol–water partition coefficient (Wildman–Crippen LogP) is 7.62. The van der Waals surface area contributed by atoms with Crippen molar-refractivity contribution in [3.8, 4) is 17.2 Å². The number of carbonyl (C=O) groups is 2. The standard InChI is InChI=1S/C33H37BrFN3O5/c1-18-29-27(41-5)11-21(31(39)37-16-23(35)14-24(17-37)36-32(40)43-33(2,3)4)12-28(29)42-30(18)26-10-20-8-9-22(34)13-25(20)38(26)15-19-6-7-19/h8-13,19,23-24H,6-7,14-17H2,1-5H3,(H,36,40)/t23-,24-/m1/s1. The predicted molar refractivity (Wildman–Crippen MR) is 167 cm³/mol. The van der Waals surface area contributed by atoms with Crippen molar-refractivity contribution >= 4 is 49.8 Å². The van der Waals surface area contributed by atoms with Crippen molar-refractivity contribution in [2.24, 2.45) is 5.92 Å². The summed E-state index contributed by atoms with van der Waals surface area (Å²) in [6.07, 6.45) is 0.630. The molecule has 4 aromatic rings. The Morgan fingerprint density at radius 2 is 1.91 bits per heavy atom. The molecule has 10 heteroatoms. The van der Waals surface area contributed by atoms with E-state index >= 15 is 0 Å². The van der Waals surface area contributed by atoms with Crippen LogP contribution in [0.15, 0.2) is 45.3 Å². The number of methoxy groups -OCH3 is 1. The van der Waals surface area contributed by atoms with E-state index in [1.807, 2.05) is 13.0 Å². The molecule has 2 atom stereocenters. The van der Waals surface area contributed by atoms with Gasteiger partial charge in [0.1, 0.15) is 23.1 Å². The Morgan fingerprint density at radius 1 is 1.14 bits per heavy atom. The number of benzene rings is 2. The first-order chi connectivity index (χ1) is 20.4. The van der Waals surface area contributed by atoms with Gasteiger partial charge in [0.05, 0.1) is 30.8 Å². The maximum absolute atomic E-state index is 14.8. The molecule has 1 aliphatic carbocycles. The van der Waals surface area contributed by atoms with Crippen molar-refractivity contribution < 1.29 is 27.9 Å². The van der Waals surface area contributed by atoms with E-state index in [9.17, 15) is 14.0 Å². The lowest BCUT2D eigenvalue weighted by Crippen LogP contribution is -2.54. The molecule has 1 aliphatic heterocycles. The molecule has 2 amide bonds. The summed E-state index contributed by atoms with van der Waals surface area (Å²) in [5.74, 6) is 1.53. The fourth-order valence-electron chi connectivity index (χ4n) is 6.00. The molecule has 43 heavy (non-hydrogen) atoms. The molecule has 2 aromatic heterocycles. The molecule has 6 rings (SSSR count). The number of halogens is 2. The molecule has 2 fully saturated rings. The highest BCUT2D eigenvalue weighted by Gasteiger charge is 2.33. The largest absolute Gasteiger partial charge is 0.496 e. The Labute approximate surface area is 258 Å². The highest BCUT2D eigenvalue weighted by molar-refractivity contribution is 9.10. The molecule has 0 radical (unpaired) electrons. The van der Waals surface area contributed by atoms with Gasteiger partial charge in [0.2, 0.25) is 0 Å². The summed E-state index contributed by atoms with van der Waals surface area (Å²) in [6.45, 7) is 8.30. The van der Waals surface area contributed by atoms with Crippen LogP contribution >= 0.6 is 15.9 Å². The molecule has 1 N–H and O–H groups in total. The van der Waals surface area contributed by atoms with Gasteiger partial charge in [0, 0.05) is 46.0 Å². The van der Waals surface area contributed by atoms with E-state index in [1.165, 1.54) is 17.7 Å². The molecule has 0 spiro atoms. The summed E-state index contributed by atoms with van der Waals surface area (Å²) in [7, 11) is 1.57. The number of carbonyl (C=O) groups excluding carboxylic acids is 2. The number of alkyl halides is 1. The second-order valence-corrected chi connectivity index (χ2v) is 13.7. The Morgan fingerprint density at radius 3 is 2.60 bits per heavy atom. The van der Waals surface area contributed by atoms with Crippen LogP contribution in [0.2, 0.25) is 0 Å². The van der Waals surface area contributed by atoms with Crippen LogP contribution < -0.4 is 10.1 Å². The summed E-state index contributed by atoms with van der Waals surface area (Å²) in [6, 6.07) is 11.3. The van der Waals surface area contributed by atoms with Crippen LogP contribution in [0.25, 0.3) is 33.3 Å². The molecular formula is C33H37BrFN3O5. The number of alkyl carbamates (subject to hydrolysis) is 1. The summed E-state index contributed by atoms with van der Waals surface area (Å²) in [5.41, 5.74) is 3.22. The number of fused-ring (bicyclic) bond motifs is 2. The van der Waals surface area contributed by atoms with Crippen LogP contribution in [0.1, 0.15) is 56.0 Å². The lowest BCUT2D eigenvalue weighted by molar-refractivity contribution is 0.0394. The van der Waals surface area contributed by atoms with Gasteiger partial charge >= 0.3 is 6.09 Å². The average Bonchev–Trinajstić information content (AvgIpc) is 3.60. The zero-order valence-electron chi connectivity index (χ0n) is 25.1. The quantitative estimate of drug-likeness (QED) is 0.231. The number of hydrogen-bond acceptors (Lipinski definition) is 5. The normalized spacial score (nSPS) is 19.2. The number of rotatable bonds is 6. The van der Waals surface area contributed by atoms with Crippen molar-refractivity contribution in [2.75, 3.05) is 20.2 Å². The molecule has 1 saturated carbocycles. The number of furan rings is 1. The fourth-order valence-corrected chi connectivity index (χ4v) is 6.35. The molecule has 2 aliphatic rings. The lowest BCUT2D eigenvalue weighted by atomic mass is 10.0. The Balaban J connectivity index is 1.34. The summed E-state index contributed by atoms with van der Waals surface area (Å²) in [5, 5.41) is 4.64. The van der Waals surface area contributed by atoms with E-state index in [1.54, 1.807) is 40.0 Å². The van der Waals surface area contributed by atoms with Crippen LogP contribution in [0.3, 0.4) is 0 Å². The first-order valence-corrected chi connectivity index (χ1v) is 15.5. The second kappa shape index (κ2) is 11.2. The van der Waals surface area contributed by atoms with E-state index in [2.05, 4.69) is 44.0 Å². The van der Waals surface area contributed by atoms with Gasteiger partial charge in [-0.25, -0.2) is 9.18 Å². The number of nitrogens with one attached hydrogen (secondary N) is 1. The number of aromatic nitrogens is 1. The number of piperidine rings is 1. The lowest BCUT2D eigenvalue weighted by Gasteiger charge is -2.35. The Hall–Kier alpha value is -3.53. The zero-order chi connectivity index (χ0) is 30.6. The number of ether oxygens (including phenoxy) is 2. The van der Waals surface area contributed by atoms with Gasteiger partial charge in [-0.05, 0) is 76.8 Å². The monoisotopic (exact) mass is 653 g/mol. The number of likely N-dealkylation sites (tertiary alicyclic amines) is 1. The van der Waals surface area contributed by atoms with Gasteiger partial charge in [0.15, 0.2) is 5.76 Å². The van der Waals surface area contributed by atoms with Crippen LogP contribution in [-0.2, 0) is 11.3 Å². The van der Waals surface area contributed by atoms with Crippen molar-refractivity contribution in [2.45, 2.75) is 71.3 Å². The second-order valence-electron chi connectivity index (χ2n) is 12.8. The molecule has 8 nitrogen and oxygen atoms in total. The summed E-state index contributed by atoms with van der Waals surface area (Å²) >= 11 is 3.62. The van der Waals surface area contributed by atoms with Gasteiger partial charge in [-0.15, -0.1) is 0 Å². The highest BCUT2D eigenvalue weighted by Crippen LogP contribution is 2.42. The van der Waals surface area contributed by atoms with E-state index < -0.39 is 23.9 Å². The molecule has 228 valence electrons. The molecule has 3 heterocycles. The van der Waals surface area contributed by atoms with Crippen LogP contribution in [0.5, 0.6) is 5.75 Å². The first kappa shape index (κ1) is 29.5. The molecule has 2 aromatic carbocycles. The molecule has 0 unspecified atom stereocenters. The molecular weight excluding hydrogens is 617 g/mol. The number of aryl methyl sites for hydroxylation is 1. The first-order valence-electron chi connectivity index (χ1n) is 14.7. The van der Waals surface area contributed by atoms with Gasteiger partial charge in [-0.1, -0.05) is 22.0 Å². The minimum absolute atomic E-state index is 0.0645. The van der Waals surface area contributed by atoms with Crippen molar-refractivity contribution in [1.82, 2.24) is 14.8 Å². The summed E-state index contributed by atoms with van der Waals surface area (Å²) < 4.78 is 35.8. The van der Waals surface area contributed by atoms with Gasteiger partial charge < -0.3 is 28.7 Å². The maximum atomic E-state index is 14.8. The highest BCUT2D eigenvalue weighted by atomic mass is 79.9.